The molecule has 0 aliphatic carbocycles. The van der Waals surface area contributed by atoms with Gasteiger partial charge >= 0.3 is 5.97 Å². The number of carbonyl (C=O) groups excluding carboxylic acids is 1. The topological polar surface area (TPSA) is 148 Å². The summed E-state index contributed by atoms with van der Waals surface area (Å²) in [6.45, 7) is 2.23. The average molecular weight is 487 g/mol. The molecule has 0 unspecified atom stereocenters. The van der Waals surface area contributed by atoms with Crippen molar-refractivity contribution in [2.24, 2.45) is 0 Å². The molecule has 2 aromatic carbocycles. The fourth-order valence-electron chi connectivity index (χ4n) is 3.66. The van der Waals surface area contributed by atoms with Crippen LogP contribution in [0.5, 0.6) is 0 Å². The summed E-state index contributed by atoms with van der Waals surface area (Å²) in [5.41, 5.74) is -0.0974. The van der Waals surface area contributed by atoms with Gasteiger partial charge in [-0.15, -0.1) is 0 Å². The number of amides is 1. The number of morpholine rings is 1. The molecule has 0 saturated carbocycles. The van der Waals surface area contributed by atoms with Gasteiger partial charge in [0.1, 0.15) is 6.54 Å². The molecule has 11 nitrogen and oxygen atoms in total. The number of nitrogens with zero attached hydrogens (tertiary/aromatic N) is 3. The third-order valence-corrected chi connectivity index (χ3v) is 7.35. The number of aryl methyl sites for hydroxylation is 1. The molecule has 1 aliphatic rings. The fourth-order valence-corrected chi connectivity index (χ4v) is 5.09. The summed E-state index contributed by atoms with van der Waals surface area (Å²) in [5, 5.41) is 16.2. The number of hydrogen-bond acceptors (Lipinski definition) is 7. The van der Waals surface area contributed by atoms with Crippen LogP contribution in [0.2, 0.25) is 0 Å². The SMILES string of the molecule is Cc1ccc(S(=O)(=O)N2CCOCC2)cc1NC(=O)Cn1nc(C(=O)O)c2ccccc2c1=O. The number of sulfonamides is 1. The maximum atomic E-state index is 12.9. The van der Waals surface area contributed by atoms with Crippen LogP contribution in [0, 0.1) is 6.92 Å². The molecule has 0 radical (unpaired) electrons. The lowest BCUT2D eigenvalue weighted by Crippen LogP contribution is -2.40. The van der Waals surface area contributed by atoms with Crippen molar-refractivity contribution in [1.82, 2.24) is 14.1 Å². The van der Waals surface area contributed by atoms with E-state index >= 15 is 0 Å². The number of carbonyl (C=O) groups is 2. The van der Waals surface area contributed by atoms with Crippen LogP contribution in [0.4, 0.5) is 5.69 Å². The largest absolute Gasteiger partial charge is 0.476 e. The Morgan fingerprint density at radius 2 is 1.79 bits per heavy atom. The summed E-state index contributed by atoms with van der Waals surface area (Å²) < 4.78 is 33.2. The van der Waals surface area contributed by atoms with Crippen LogP contribution in [-0.4, -0.2) is 65.8 Å². The molecule has 1 saturated heterocycles. The second-order valence-electron chi connectivity index (χ2n) is 7.70. The number of hydrogen-bond donors (Lipinski definition) is 2. The Hall–Kier alpha value is -3.61. The van der Waals surface area contributed by atoms with Crippen LogP contribution in [0.25, 0.3) is 10.8 Å². The summed E-state index contributed by atoms with van der Waals surface area (Å²) in [5.74, 6) is -1.99. The van der Waals surface area contributed by atoms with Crippen LogP contribution < -0.4 is 10.9 Å². The van der Waals surface area contributed by atoms with Gasteiger partial charge in [-0.2, -0.15) is 9.40 Å². The quantitative estimate of drug-likeness (QED) is 0.526. The normalized spacial score (nSPS) is 14.7. The molecule has 0 atom stereocenters. The fraction of sp³-hybridized carbons (Fsp3) is 0.273. The Bertz CT molecular complexity index is 1440. The van der Waals surface area contributed by atoms with E-state index in [1.54, 1.807) is 25.1 Å². The number of aromatic nitrogens is 2. The number of aromatic carboxylic acids is 1. The lowest BCUT2D eigenvalue weighted by molar-refractivity contribution is -0.117. The smallest absolute Gasteiger partial charge is 0.357 e. The Morgan fingerprint density at radius 1 is 1.12 bits per heavy atom. The molecule has 178 valence electrons. The average Bonchev–Trinajstić information content (AvgIpc) is 2.82. The minimum absolute atomic E-state index is 0.0180. The van der Waals surface area contributed by atoms with Gasteiger partial charge in [0, 0.05) is 24.2 Å². The standard InChI is InChI=1S/C22H22N4O7S/c1-14-6-7-15(34(31,32)25-8-10-33-11-9-25)12-18(14)23-19(27)13-26-21(28)17-5-3-2-4-16(17)20(24-26)22(29)30/h2-7,12H,8-11,13H2,1H3,(H,23,27)(H,29,30). The monoisotopic (exact) mass is 486 g/mol. The number of carboxylic acid groups (broad SMARTS) is 1. The van der Waals surface area contributed by atoms with Gasteiger partial charge in [0.2, 0.25) is 15.9 Å². The van der Waals surface area contributed by atoms with E-state index in [2.05, 4.69) is 10.4 Å². The summed E-state index contributed by atoms with van der Waals surface area (Å²) in [7, 11) is -3.77. The van der Waals surface area contributed by atoms with Gasteiger partial charge in [-0.3, -0.25) is 9.59 Å². The lowest BCUT2D eigenvalue weighted by atomic mass is 10.1. The number of nitrogens with one attached hydrogen (secondary N) is 1. The van der Waals surface area contributed by atoms with E-state index in [1.807, 2.05) is 0 Å². The van der Waals surface area contributed by atoms with Gasteiger partial charge in [0.15, 0.2) is 5.69 Å². The highest BCUT2D eigenvalue weighted by Gasteiger charge is 2.27. The van der Waals surface area contributed by atoms with E-state index in [9.17, 15) is 27.9 Å². The van der Waals surface area contributed by atoms with E-state index in [-0.39, 0.29) is 40.1 Å². The van der Waals surface area contributed by atoms with Crippen molar-refractivity contribution in [1.29, 1.82) is 0 Å². The molecule has 3 aromatic rings. The van der Waals surface area contributed by atoms with Gasteiger partial charge in [-0.25, -0.2) is 17.9 Å². The Morgan fingerprint density at radius 3 is 2.47 bits per heavy atom. The van der Waals surface area contributed by atoms with Crippen molar-refractivity contribution >= 4 is 38.4 Å². The zero-order valence-electron chi connectivity index (χ0n) is 18.2. The van der Waals surface area contributed by atoms with Gasteiger partial charge in [-0.05, 0) is 30.7 Å². The third kappa shape index (κ3) is 4.55. The summed E-state index contributed by atoms with van der Waals surface area (Å²) >= 11 is 0. The molecule has 1 fully saturated rings. The Kier molecular flexibility index (Phi) is 6.46. The molecular weight excluding hydrogens is 464 g/mol. The number of rotatable bonds is 6. The van der Waals surface area contributed by atoms with Gasteiger partial charge in [-0.1, -0.05) is 24.3 Å². The maximum absolute atomic E-state index is 12.9. The second-order valence-corrected chi connectivity index (χ2v) is 9.64. The zero-order chi connectivity index (χ0) is 24.5. The molecule has 12 heteroatoms. The van der Waals surface area contributed by atoms with Crippen LogP contribution in [0.1, 0.15) is 16.1 Å². The molecule has 34 heavy (non-hydrogen) atoms. The summed E-state index contributed by atoms with van der Waals surface area (Å²) in [6.07, 6.45) is 0. The van der Waals surface area contributed by atoms with E-state index in [1.165, 1.54) is 28.6 Å². The van der Waals surface area contributed by atoms with Crippen molar-refractivity contribution in [3.8, 4) is 0 Å². The molecule has 4 rings (SSSR count). The predicted octanol–water partition coefficient (Wildman–Crippen LogP) is 1.06. The minimum Gasteiger partial charge on any atom is -0.476 e. The molecular formula is C22H22N4O7S. The minimum atomic E-state index is -3.77. The third-order valence-electron chi connectivity index (χ3n) is 5.45. The first-order valence-electron chi connectivity index (χ1n) is 10.4. The molecule has 2 N–H and O–H groups in total. The van der Waals surface area contributed by atoms with Crippen LogP contribution >= 0.6 is 0 Å². The maximum Gasteiger partial charge on any atom is 0.357 e. The predicted molar refractivity (Wildman–Crippen MR) is 122 cm³/mol. The highest BCUT2D eigenvalue weighted by molar-refractivity contribution is 7.89. The van der Waals surface area contributed by atoms with Crippen LogP contribution in [0.15, 0.2) is 52.2 Å². The highest BCUT2D eigenvalue weighted by Crippen LogP contribution is 2.24. The van der Waals surface area contributed by atoms with E-state index in [0.717, 1.165) is 4.68 Å². The first-order chi connectivity index (χ1) is 16.2. The Labute approximate surface area is 194 Å². The number of benzene rings is 2. The number of fused-ring (bicyclic) bond motifs is 1. The van der Waals surface area contributed by atoms with Gasteiger partial charge < -0.3 is 15.2 Å². The zero-order valence-corrected chi connectivity index (χ0v) is 19.0. The van der Waals surface area contributed by atoms with Crippen molar-refractivity contribution in [3.63, 3.8) is 0 Å². The molecule has 2 heterocycles. The Balaban J connectivity index is 1.61. The first kappa shape index (κ1) is 23.5. The van der Waals surface area contributed by atoms with Gasteiger partial charge in [0.25, 0.3) is 5.56 Å². The highest BCUT2D eigenvalue weighted by atomic mass is 32.2. The van der Waals surface area contributed by atoms with Crippen LogP contribution in [0.3, 0.4) is 0 Å². The van der Waals surface area contributed by atoms with E-state index < -0.39 is 34.0 Å². The second kappa shape index (κ2) is 9.33. The van der Waals surface area contributed by atoms with Crippen molar-refractivity contribution in [2.75, 3.05) is 31.6 Å². The van der Waals surface area contributed by atoms with Crippen molar-refractivity contribution in [2.45, 2.75) is 18.4 Å². The number of carboxylic acids is 1. The number of ether oxygens (including phenoxy) is 1. The number of anilines is 1. The van der Waals surface area contributed by atoms with Crippen molar-refractivity contribution in [3.05, 3.63) is 64.1 Å². The molecule has 1 aliphatic heterocycles. The molecule has 0 bridgehead atoms. The molecule has 1 amide bonds. The molecule has 1 aromatic heterocycles. The van der Waals surface area contributed by atoms with Gasteiger partial charge in [0.05, 0.1) is 23.5 Å². The van der Waals surface area contributed by atoms with Crippen LogP contribution in [-0.2, 0) is 26.1 Å². The van der Waals surface area contributed by atoms with Crippen molar-refractivity contribution < 1.29 is 27.9 Å². The summed E-state index contributed by atoms with van der Waals surface area (Å²) in [4.78, 5) is 37.1. The molecule has 0 spiro atoms. The first-order valence-corrected chi connectivity index (χ1v) is 11.8. The van der Waals surface area contributed by atoms with E-state index in [4.69, 9.17) is 4.74 Å². The van der Waals surface area contributed by atoms with E-state index in [0.29, 0.717) is 18.8 Å². The lowest BCUT2D eigenvalue weighted by Gasteiger charge is -2.26. The summed E-state index contributed by atoms with van der Waals surface area (Å²) in [6, 6.07) is 10.5.